The van der Waals surface area contributed by atoms with Crippen molar-refractivity contribution in [2.45, 2.75) is 11.7 Å². The van der Waals surface area contributed by atoms with Gasteiger partial charge in [-0.05, 0) is 28.1 Å². The Kier molecular flexibility index (Phi) is 6.13. The summed E-state index contributed by atoms with van der Waals surface area (Å²) in [6.45, 7) is 4.27. The second-order valence-electron chi connectivity index (χ2n) is 5.11. The van der Waals surface area contributed by atoms with Crippen LogP contribution in [0.2, 0.25) is 0 Å². The van der Waals surface area contributed by atoms with Crippen LogP contribution >= 0.6 is 27.7 Å². The summed E-state index contributed by atoms with van der Waals surface area (Å²) in [7, 11) is 0. The molecular weight excluding hydrogens is 416 g/mol. The van der Waals surface area contributed by atoms with Crippen molar-refractivity contribution in [2.24, 2.45) is 0 Å². The summed E-state index contributed by atoms with van der Waals surface area (Å²) in [4.78, 5) is 20.5. The van der Waals surface area contributed by atoms with E-state index in [-0.39, 0.29) is 11.7 Å². The third-order valence-corrected chi connectivity index (χ3v) is 4.96. The summed E-state index contributed by atoms with van der Waals surface area (Å²) in [5.74, 6) is 0.666. The summed E-state index contributed by atoms with van der Waals surface area (Å²) in [6, 6.07) is 7.46. The third-order valence-electron chi connectivity index (χ3n) is 3.30. The SMILES string of the molecule is C=CCn1c(SCC(=O)Nc2ccccc2Br)nnc1-c1cnccn1. The lowest BCUT2D eigenvalue weighted by Gasteiger charge is -2.08. The molecule has 132 valence electrons. The van der Waals surface area contributed by atoms with Gasteiger partial charge in [0.15, 0.2) is 11.0 Å². The molecule has 3 rings (SSSR count). The molecule has 0 aliphatic carbocycles. The molecular formula is C17H15BrN6OS. The quantitative estimate of drug-likeness (QED) is 0.456. The molecule has 0 unspecified atom stereocenters. The number of hydrogen-bond acceptors (Lipinski definition) is 6. The van der Waals surface area contributed by atoms with E-state index in [2.05, 4.69) is 48.0 Å². The number of nitrogens with one attached hydrogen (secondary N) is 1. The highest BCUT2D eigenvalue weighted by Crippen LogP contribution is 2.24. The number of hydrogen-bond donors (Lipinski definition) is 1. The van der Waals surface area contributed by atoms with Crippen molar-refractivity contribution in [1.82, 2.24) is 24.7 Å². The van der Waals surface area contributed by atoms with Gasteiger partial charge in [0.05, 0.1) is 17.6 Å². The van der Waals surface area contributed by atoms with Crippen molar-refractivity contribution in [1.29, 1.82) is 0 Å². The van der Waals surface area contributed by atoms with Gasteiger partial charge in [-0.15, -0.1) is 16.8 Å². The van der Waals surface area contributed by atoms with Crippen LogP contribution in [0.4, 0.5) is 5.69 Å². The average Bonchev–Trinajstić information content (AvgIpc) is 3.06. The Morgan fingerprint density at radius 2 is 2.15 bits per heavy atom. The van der Waals surface area contributed by atoms with Gasteiger partial charge < -0.3 is 5.32 Å². The number of aromatic nitrogens is 5. The van der Waals surface area contributed by atoms with Crippen LogP contribution in [0.3, 0.4) is 0 Å². The van der Waals surface area contributed by atoms with Crippen molar-refractivity contribution < 1.29 is 4.79 Å². The van der Waals surface area contributed by atoms with Gasteiger partial charge >= 0.3 is 0 Å². The summed E-state index contributed by atoms with van der Waals surface area (Å²) in [5.41, 5.74) is 1.34. The van der Waals surface area contributed by atoms with Crippen molar-refractivity contribution >= 4 is 39.3 Å². The number of carbonyl (C=O) groups excluding carboxylic acids is 1. The largest absolute Gasteiger partial charge is 0.324 e. The van der Waals surface area contributed by atoms with E-state index in [0.717, 1.165) is 10.2 Å². The van der Waals surface area contributed by atoms with E-state index in [0.29, 0.717) is 23.2 Å². The number of carbonyl (C=O) groups is 1. The molecule has 9 heteroatoms. The van der Waals surface area contributed by atoms with Crippen LogP contribution in [0.1, 0.15) is 0 Å². The van der Waals surface area contributed by atoms with E-state index in [1.54, 1.807) is 24.7 Å². The number of nitrogens with zero attached hydrogens (tertiary/aromatic N) is 5. The fraction of sp³-hybridized carbons (Fsp3) is 0.118. The maximum absolute atomic E-state index is 12.2. The lowest BCUT2D eigenvalue weighted by atomic mass is 10.3. The van der Waals surface area contributed by atoms with Gasteiger partial charge in [0.1, 0.15) is 5.69 Å². The van der Waals surface area contributed by atoms with E-state index in [1.165, 1.54) is 11.8 Å². The van der Waals surface area contributed by atoms with Crippen molar-refractivity contribution in [3.05, 3.63) is 60.0 Å². The van der Waals surface area contributed by atoms with Crippen molar-refractivity contribution in [2.75, 3.05) is 11.1 Å². The number of amides is 1. The van der Waals surface area contributed by atoms with Gasteiger partial charge in [0, 0.05) is 23.4 Å². The molecule has 26 heavy (non-hydrogen) atoms. The van der Waals surface area contributed by atoms with Gasteiger partial charge in [-0.2, -0.15) is 0 Å². The topological polar surface area (TPSA) is 85.6 Å². The Labute approximate surface area is 163 Å². The summed E-state index contributed by atoms with van der Waals surface area (Å²) < 4.78 is 2.69. The van der Waals surface area contributed by atoms with Crippen molar-refractivity contribution in [3.8, 4) is 11.5 Å². The second kappa shape index (κ2) is 8.72. The standard InChI is InChI=1S/C17H15BrN6OS/c1-2-9-24-16(14-10-19-7-8-20-14)22-23-17(24)26-11-15(25)21-13-6-4-3-5-12(13)18/h2-8,10H,1,9,11H2,(H,21,25). The molecule has 1 aromatic carbocycles. The summed E-state index contributed by atoms with van der Waals surface area (Å²) in [6.07, 6.45) is 6.56. The zero-order chi connectivity index (χ0) is 18.4. The second-order valence-corrected chi connectivity index (χ2v) is 6.91. The van der Waals surface area contributed by atoms with Crippen LogP contribution in [0.15, 0.2) is 65.1 Å². The minimum absolute atomic E-state index is 0.129. The zero-order valence-electron chi connectivity index (χ0n) is 13.7. The van der Waals surface area contributed by atoms with Gasteiger partial charge in [0.25, 0.3) is 0 Å². The van der Waals surface area contributed by atoms with E-state index >= 15 is 0 Å². The molecule has 2 aromatic heterocycles. The van der Waals surface area contributed by atoms with Gasteiger partial charge in [-0.1, -0.05) is 30.0 Å². The van der Waals surface area contributed by atoms with Gasteiger partial charge in [0.2, 0.25) is 5.91 Å². The van der Waals surface area contributed by atoms with Crippen LogP contribution < -0.4 is 5.32 Å². The molecule has 1 amide bonds. The first-order chi connectivity index (χ1) is 12.7. The maximum atomic E-state index is 12.2. The molecule has 2 heterocycles. The molecule has 0 fully saturated rings. The number of allylic oxidation sites excluding steroid dienone is 1. The first kappa shape index (κ1) is 18.3. The molecule has 3 aromatic rings. The molecule has 0 bridgehead atoms. The van der Waals surface area contributed by atoms with Crippen LogP contribution in [0.5, 0.6) is 0 Å². The average molecular weight is 431 g/mol. The third kappa shape index (κ3) is 4.36. The van der Waals surface area contributed by atoms with E-state index in [9.17, 15) is 4.79 Å². The predicted molar refractivity (Wildman–Crippen MR) is 105 cm³/mol. The maximum Gasteiger partial charge on any atom is 0.234 e. The number of benzene rings is 1. The number of halogens is 1. The highest BCUT2D eigenvalue weighted by atomic mass is 79.9. The molecule has 0 aliphatic heterocycles. The molecule has 0 spiro atoms. The van der Waals surface area contributed by atoms with E-state index in [4.69, 9.17) is 0 Å². The lowest BCUT2D eigenvalue weighted by Crippen LogP contribution is -2.15. The molecule has 0 saturated carbocycles. The summed E-state index contributed by atoms with van der Waals surface area (Å²) in [5, 5.41) is 11.8. The Morgan fingerprint density at radius 1 is 1.31 bits per heavy atom. The predicted octanol–water partition coefficient (Wildman–Crippen LogP) is 3.41. The Morgan fingerprint density at radius 3 is 2.88 bits per heavy atom. The molecule has 0 atom stereocenters. The van der Waals surface area contributed by atoms with Crippen molar-refractivity contribution in [3.63, 3.8) is 0 Å². The zero-order valence-corrected chi connectivity index (χ0v) is 16.1. The number of rotatable bonds is 7. The minimum Gasteiger partial charge on any atom is -0.324 e. The monoisotopic (exact) mass is 430 g/mol. The minimum atomic E-state index is -0.129. The van der Waals surface area contributed by atoms with E-state index in [1.807, 2.05) is 28.8 Å². The molecule has 0 saturated heterocycles. The molecule has 7 nitrogen and oxygen atoms in total. The normalized spacial score (nSPS) is 10.5. The number of para-hydroxylation sites is 1. The van der Waals surface area contributed by atoms with Gasteiger partial charge in [-0.25, -0.2) is 4.98 Å². The first-order valence-electron chi connectivity index (χ1n) is 7.66. The number of anilines is 1. The van der Waals surface area contributed by atoms with Crippen LogP contribution in [-0.2, 0) is 11.3 Å². The smallest absolute Gasteiger partial charge is 0.234 e. The lowest BCUT2D eigenvalue weighted by molar-refractivity contribution is -0.113. The Bertz CT molecular complexity index is 915. The van der Waals surface area contributed by atoms with Gasteiger partial charge in [-0.3, -0.25) is 14.3 Å². The molecule has 0 radical (unpaired) electrons. The van der Waals surface area contributed by atoms with Crippen LogP contribution in [0.25, 0.3) is 11.5 Å². The Balaban J connectivity index is 1.72. The highest BCUT2D eigenvalue weighted by molar-refractivity contribution is 9.10. The molecule has 1 N–H and O–H groups in total. The van der Waals surface area contributed by atoms with Crippen LogP contribution in [0, 0.1) is 0 Å². The summed E-state index contributed by atoms with van der Waals surface area (Å²) >= 11 is 4.71. The van der Waals surface area contributed by atoms with E-state index < -0.39 is 0 Å². The number of thioether (sulfide) groups is 1. The Hall–Kier alpha value is -2.52. The fourth-order valence-corrected chi connectivity index (χ4v) is 3.30. The first-order valence-corrected chi connectivity index (χ1v) is 9.44. The fourth-order valence-electron chi connectivity index (χ4n) is 2.17. The highest BCUT2D eigenvalue weighted by Gasteiger charge is 2.16. The van der Waals surface area contributed by atoms with Crippen LogP contribution in [-0.4, -0.2) is 36.4 Å². The molecule has 0 aliphatic rings.